The van der Waals surface area contributed by atoms with E-state index in [0.717, 1.165) is 31.5 Å². The molecule has 3 nitrogen and oxygen atoms in total. The minimum atomic E-state index is -0.228. The predicted molar refractivity (Wildman–Crippen MR) is 70.9 cm³/mol. The van der Waals surface area contributed by atoms with Crippen LogP contribution in [-0.4, -0.2) is 29.9 Å². The number of amides is 1. The highest BCUT2D eigenvalue weighted by Crippen LogP contribution is 2.29. The Morgan fingerprint density at radius 2 is 2.05 bits per heavy atom. The van der Waals surface area contributed by atoms with Crippen LogP contribution >= 0.6 is 0 Å². The molecule has 2 unspecified atom stereocenters. The number of benzene rings is 1. The molecule has 0 saturated carbocycles. The summed E-state index contributed by atoms with van der Waals surface area (Å²) in [7, 11) is 0. The zero-order valence-corrected chi connectivity index (χ0v) is 10.9. The van der Waals surface area contributed by atoms with Crippen LogP contribution in [0.2, 0.25) is 0 Å². The van der Waals surface area contributed by atoms with E-state index in [2.05, 4.69) is 5.32 Å². The van der Waals surface area contributed by atoms with Gasteiger partial charge in [0.15, 0.2) is 0 Å². The lowest BCUT2D eigenvalue weighted by Crippen LogP contribution is -2.54. The van der Waals surface area contributed by atoms with Gasteiger partial charge in [-0.3, -0.25) is 4.79 Å². The monoisotopic (exact) mass is 262 g/mol. The van der Waals surface area contributed by atoms with Crippen LogP contribution in [0.3, 0.4) is 0 Å². The summed E-state index contributed by atoms with van der Waals surface area (Å²) in [5.74, 6) is 0.591. The Balaban J connectivity index is 1.76. The number of piperidine rings is 2. The standard InChI is InChI=1S/C15H19FN2O/c16-13-4-1-11(2-5-13)10-18-14-7-8-17-9-12(14)3-6-15(18)19/h1-2,4-5,12,14,17H,3,6-10H2. The lowest BCUT2D eigenvalue weighted by Gasteiger charge is -2.44. The summed E-state index contributed by atoms with van der Waals surface area (Å²) in [6.07, 6.45) is 2.66. The van der Waals surface area contributed by atoms with Crippen molar-refractivity contribution in [1.29, 1.82) is 0 Å². The number of rotatable bonds is 2. The van der Waals surface area contributed by atoms with Crippen LogP contribution < -0.4 is 5.32 Å². The Morgan fingerprint density at radius 1 is 1.26 bits per heavy atom. The molecule has 1 aromatic carbocycles. The Bertz CT molecular complexity index is 460. The highest BCUT2D eigenvalue weighted by atomic mass is 19.1. The van der Waals surface area contributed by atoms with Crippen molar-refractivity contribution in [2.45, 2.75) is 31.8 Å². The maximum atomic E-state index is 12.9. The summed E-state index contributed by atoms with van der Waals surface area (Å²) in [4.78, 5) is 14.2. The minimum Gasteiger partial charge on any atom is -0.335 e. The molecule has 1 aromatic rings. The third-order valence-electron chi connectivity index (χ3n) is 4.28. The molecule has 0 bridgehead atoms. The van der Waals surface area contributed by atoms with Crippen LogP contribution in [0.25, 0.3) is 0 Å². The number of hydrogen-bond acceptors (Lipinski definition) is 2. The number of carbonyl (C=O) groups excluding carboxylic acids is 1. The van der Waals surface area contributed by atoms with Crippen molar-refractivity contribution in [1.82, 2.24) is 10.2 Å². The third-order valence-corrected chi connectivity index (χ3v) is 4.28. The van der Waals surface area contributed by atoms with Crippen LogP contribution in [0.1, 0.15) is 24.8 Å². The zero-order valence-electron chi connectivity index (χ0n) is 10.9. The Hall–Kier alpha value is -1.42. The van der Waals surface area contributed by atoms with Crippen molar-refractivity contribution in [2.24, 2.45) is 5.92 Å². The molecule has 19 heavy (non-hydrogen) atoms. The molecule has 2 aliphatic heterocycles. The number of nitrogens with one attached hydrogen (secondary N) is 1. The molecule has 1 N–H and O–H groups in total. The molecule has 2 atom stereocenters. The van der Waals surface area contributed by atoms with Gasteiger partial charge in [0, 0.05) is 19.0 Å². The van der Waals surface area contributed by atoms with Gasteiger partial charge in [0.1, 0.15) is 5.82 Å². The van der Waals surface area contributed by atoms with Crippen molar-refractivity contribution >= 4 is 5.91 Å². The summed E-state index contributed by atoms with van der Waals surface area (Å²) in [5.41, 5.74) is 1.01. The number of carbonyl (C=O) groups is 1. The van der Waals surface area contributed by atoms with E-state index in [1.54, 1.807) is 12.1 Å². The van der Waals surface area contributed by atoms with Crippen molar-refractivity contribution in [2.75, 3.05) is 13.1 Å². The molecule has 2 fully saturated rings. The molecule has 3 rings (SSSR count). The molecular formula is C15H19FN2O. The molecule has 2 saturated heterocycles. The zero-order chi connectivity index (χ0) is 13.2. The van der Waals surface area contributed by atoms with Gasteiger partial charge >= 0.3 is 0 Å². The van der Waals surface area contributed by atoms with Crippen molar-refractivity contribution in [3.8, 4) is 0 Å². The van der Waals surface area contributed by atoms with Gasteiger partial charge in [-0.15, -0.1) is 0 Å². The highest BCUT2D eigenvalue weighted by molar-refractivity contribution is 5.77. The van der Waals surface area contributed by atoms with Gasteiger partial charge in [0.05, 0.1) is 0 Å². The second-order valence-electron chi connectivity index (χ2n) is 5.51. The van der Waals surface area contributed by atoms with Crippen molar-refractivity contribution < 1.29 is 9.18 Å². The maximum Gasteiger partial charge on any atom is 0.223 e. The number of hydrogen-bond donors (Lipinski definition) is 1. The van der Waals surface area contributed by atoms with Gasteiger partial charge in [-0.2, -0.15) is 0 Å². The van der Waals surface area contributed by atoms with E-state index in [0.29, 0.717) is 24.9 Å². The summed E-state index contributed by atoms with van der Waals surface area (Å²) in [6, 6.07) is 6.82. The molecule has 0 spiro atoms. The fraction of sp³-hybridized carbons (Fsp3) is 0.533. The molecule has 0 aromatic heterocycles. The van der Waals surface area contributed by atoms with Crippen LogP contribution in [0.5, 0.6) is 0 Å². The number of fused-ring (bicyclic) bond motifs is 1. The number of halogens is 1. The van der Waals surface area contributed by atoms with Gasteiger partial charge in [0.25, 0.3) is 0 Å². The second-order valence-corrected chi connectivity index (χ2v) is 5.51. The highest BCUT2D eigenvalue weighted by Gasteiger charge is 2.36. The SMILES string of the molecule is O=C1CCC2CNCCC2N1Cc1ccc(F)cc1. The first-order valence-electron chi connectivity index (χ1n) is 6.98. The Morgan fingerprint density at radius 3 is 2.84 bits per heavy atom. The van der Waals surface area contributed by atoms with E-state index in [-0.39, 0.29) is 11.7 Å². The van der Waals surface area contributed by atoms with E-state index >= 15 is 0 Å². The van der Waals surface area contributed by atoms with Gasteiger partial charge in [0.2, 0.25) is 5.91 Å². The normalized spacial score (nSPS) is 27.2. The molecule has 0 aliphatic carbocycles. The predicted octanol–water partition coefficient (Wildman–Crippen LogP) is 1.93. The van der Waals surface area contributed by atoms with Crippen molar-refractivity contribution in [3.63, 3.8) is 0 Å². The first-order chi connectivity index (χ1) is 9.24. The van der Waals surface area contributed by atoms with Gasteiger partial charge < -0.3 is 10.2 Å². The van der Waals surface area contributed by atoms with E-state index in [9.17, 15) is 9.18 Å². The van der Waals surface area contributed by atoms with Gasteiger partial charge in [-0.05, 0) is 49.5 Å². The first kappa shape index (κ1) is 12.6. The number of nitrogens with zero attached hydrogens (tertiary/aromatic N) is 1. The van der Waals surface area contributed by atoms with E-state index in [1.165, 1.54) is 12.1 Å². The van der Waals surface area contributed by atoms with E-state index in [4.69, 9.17) is 0 Å². The Labute approximate surface area is 112 Å². The van der Waals surface area contributed by atoms with Gasteiger partial charge in [-0.1, -0.05) is 12.1 Å². The van der Waals surface area contributed by atoms with Crippen molar-refractivity contribution in [3.05, 3.63) is 35.6 Å². The second kappa shape index (κ2) is 5.29. The molecule has 102 valence electrons. The lowest BCUT2D eigenvalue weighted by molar-refractivity contribution is -0.140. The van der Waals surface area contributed by atoms with Crippen LogP contribution in [0, 0.1) is 11.7 Å². The smallest absolute Gasteiger partial charge is 0.223 e. The van der Waals surface area contributed by atoms with Crippen LogP contribution in [0.4, 0.5) is 4.39 Å². The summed E-state index contributed by atoms with van der Waals surface area (Å²) < 4.78 is 12.9. The first-order valence-corrected chi connectivity index (χ1v) is 6.98. The molecule has 2 aliphatic rings. The minimum absolute atomic E-state index is 0.228. The quantitative estimate of drug-likeness (QED) is 0.883. The summed E-state index contributed by atoms with van der Waals surface area (Å²) in [6.45, 7) is 2.60. The van der Waals surface area contributed by atoms with Crippen LogP contribution in [-0.2, 0) is 11.3 Å². The third kappa shape index (κ3) is 2.63. The van der Waals surface area contributed by atoms with E-state index in [1.807, 2.05) is 4.90 Å². The summed E-state index contributed by atoms with van der Waals surface area (Å²) >= 11 is 0. The molecule has 4 heteroatoms. The van der Waals surface area contributed by atoms with Gasteiger partial charge in [-0.25, -0.2) is 4.39 Å². The fourth-order valence-electron chi connectivity index (χ4n) is 3.24. The molecule has 2 heterocycles. The van der Waals surface area contributed by atoms with E-state index < -0.39 is 0 Å². The fourth-order valence-corrected chi connectivity index (χ4v) is 3.24. The number of likely N-dealkylation sites (tertiary alicyclic amines) is 1. The maximum absolute atomic E-state index is 12.9. The summed E-state index contributed by atoms with van der Waals surface area (Å²) in [5, 5.41) is 3.40. The molecular weight excluding hydrogens is 243 g/mol. The lowest BCUT2D eigenvalue weighted by atomic mass is 9.84. The Kier molecular flexibility index (Phi) is 3.51. The average Bonchev–Trinajstić information content (AvgIpc) is 2.44. The molecule has 1 amide bonds. The van der Waals surface area contributed by atoms with Crippen LogP contribution in [0.15, 0.2) is 24.3 Å². The largest absolute Gasteiger partial charge is 0.335 e. The molecule has 0 radical (unpaired) electrons. The topological polar surface area (TPSA) is 32.3 Å². The average molecular weight is 262 g/mol.